The molecule has 0 aliphatic rings. The van der Waals surface area contributed by atoms with Crippen LogP contribution in [0.1, 0.15) is 0 Å². The van der Waals surface area contributed by atoms with Crippen molar-refractivity contribution in [1.82, 2.24) is 0 Å². The molecule has 1 aromatic carbocycles. The lowest BCUT2D eigenvalue weighted by molar-refractivity contribution is 1.49. The Kier molecular flexibility index (Phi) is 1.76. The van der Waals surface area contributed by atoms with Crippen molar-refractivity contribution >= 4 is 18.3 Å². The van der Waals surface area contributed by atoms with Crippen LogP contribution in [0.3, 0.4) is 0 Å². The van der Waals surface area contributed by atoms with Gasteiger partial charge in [-0.05, 0) is 0 Å². The minimum Gasteiger partial charge on any atom is -0.238 e. The number of hydrogen-bond acceptors (Lipinski definition) is 1. The van der Waals surface area contributed by atoms with E-state index in [9.17, 15) is 0 Å². The van der Waals surface area contributed by atoms with Crippen LogP contribution in [0.15, 0.2) is 29.2 Å². The molecule has 0 N–H and O–H groups in total. The molecule has 2 heteroatoms. The third-order valence-electron chi connectivity index (χ3n) is 0.979. The van der Waals surface area contributed by atoms with E-state index in [0.29, 0.717) is 5.69 Å². The molecule has 0 amide bonds. The van der Waals surface area contributed by atoms with Crippen molar-refractivity contribution < 1.29 is 0 Å². The van der Waals surface area contributed by atoms with E-state index in [0.717, 1.165) is 4.90 Å². The standard InChI is InChI=1S/C7H5NS/c1-8-6-2-4-7(9)5-3-6/h2-5,9H. The molecular weight excluding hydrogens is 130 g/mol. The van der Waals surface area contributed by atoms with Gasteiger partial charge < -0.3 is 0 Å². The lowest BCUT2D eigenvalue weighted by Crippen LogP contribution is -1.60. The normalized spacial score (nSPS) is 8.44. The molecule has 0 aliphatic carbocycles. The summed E-state index contributed by atoms with van der Waals surface area (Å²) in [5.41, 5.74) is 0.660. The Morgan fingerprint density at radius 1 is 1.22 bits per heavy atom. The van der Waals surface area contributed by atoms with Gasteiger partial charge in [0.15, 0.2) is 5.69 Å². The molecule has 0 heterocycles. The van der Waals surface area contributed by atoms with E-state index in [-0.39, 0.29) is 0 Å². The van der Waals surface area contributed by atoms with Crippen LogP contribution < -0.4 is 0 Å². The fourth-order valence-corrected chi connectivity index (χ4v) is 0.676. The van der Waals surface area contributed by atoms with Crippen LogP contribution in [0.25, 0.3) is 4.85 Å². The predicted molar refractivity (Wildman–Crippen MR) is 40.0 cm³/mol. The maximum atomic E-state index is 6.61. The highest BCUT2D eigenvalue weighted by Gasteiger charge is 1.85. The van der Waals surface area contributed by atoms with E-state index in [1.807, 2.05) is 0 Å². The first-order valence-electron chi connectivity index (χ1n) is 2.49. The Morgan fingerprint density at radius 2 is 1.78 bits per heavy atom. The number of nitrogens with zero attached hydrogens (tertiary/aromatic N) is 1. The van der Waals surface area contributed by atoms with E-state index in [1.54, 1.807) is 24.3 Å². The molecule has 0 fully saturated rings. The molecule has 0 radical (unpaired) electrons. The zero-order chi connectivity index (χ0) is 6.69. The number of hydrogen-bond donors (Lipinski definition) is 1. The largest absolute Gasteiger partial charge is 0.238 e. The lowest BCUT2D eigenvalue weighted by Gasteiger charge is -1.87. The number of benzene rings is 1. The van der Waals surface area contributed by atoms with Gasteiger partial charge in [0.25, 0.3) is 0 Å². The summed E-state index contributed by atoms with van der Waals surface area (Å²) < 4.78 is 0. The van der Waals surface area contributed by atoms with Crippen molar-refractivity contribution in [1.29, 1.82) is 0 Å². The maximum absolute atomic E-state index is 6.61. The van der Waals surface area contributed by atoms with Crippen molar-refractivity contribution in [2.24, 2.45) is 0 Å². The summed E-state index contributed by atoms with van der Waals surface area (Å²) in [6.45, 7) is 6.61. The average molecular weight is 135 g/mol. The highest BCUT2D eigenvalue weighted by Crippen LogP contribution is 2.13. The summed E-state index contributed by atoms with van der Waals surface area (Å²) in [6.07, 6.45) is 0. The molecule has 44 valence electrons. The SMILES string of the molecule is [C-]#[N+]c1ccc(S)cc1. The van der Waals surface area contributed by atoms with E-state index >= 15 is 0 Å². The highest BCUT2D eigenvalue weighted by molar-refractivity contribution is 7.80. The quantitative estimate of drug-likeness (QED) is 0.412. The molecule has 1 rings (SSSR count). The second kappa shape index (κ2) is 2.56. The molecule has 0 aliphatic heterocycles. The van der Waals surface area contributed by atoms with E-state index in [2.05, 4.69) is 17.5 Å². The minimum absolute atomic E-state index is 0.660. The summed E-state index contributed by atoms with van der Waals surface area (Å²) >= 11 is 4.07. The van der Waals surface area contributed by atoms with E-state index in [4.69, 9.17) is 6.57 Å². The summed E-state index contributed by atoms with van der Waals surface area (Å²) in [5, 5.41) is 0. The molecule has 0 saturated carbocycles. The van der Waals surface area contributed by atoms with Crippen molar-refractivity contribution in [2.75, 3.05) is 0 Å². The smallest absolute Gasteiger partial charge is 0.187 e. The zero-order valence-corrected chi connectivity index (χ0v) is 5.60. The fraction of sp³-hybridized carbons (Fsp3) is 0. The Labute approximate surface area is 59.6 Å². The molecule has 0 saturated heterocycles. The Balaban J connectivity index is 3.06. The van der Waals surface area contributed by atoms with Crippen LogP contribution in [-0.4, -0.2) is 0 Å². The summed E-state index contributed by atoms with van der Waals surface area (Å²) in [6, 6.07) is 7.09. The molecule has 1 nitrogen and oxygen atoms in total. The van der Waals surface area contributed by atoms with Crippen LogP contribution in [0.2, 0.25) is 0 Å². The Bertz CT molecular complexity index is 232. The fourth-order valence-electron chi connectivity index (χ4n) is 0.527. The third kappa shape index (κ3) is 1.48. The highest BCUT2D eigenvalue weighted by atomic mass is 32.1. The Morgan fingerprint density at radius 3 is 2.22 bits per heavy atom. The predicted octanol–water partition coefficient (Wildman–Crippen LogP) is 2.53. The van der Waals surface area contributed by atoms with Gasteiger partial charge in [-0.25, -0.2) is 4.85 Å². The summed E-state index contributed by atoms with van der Waals surface area (Å²) in [7, 11) is 0. The average Bonchev–Trinajstić information content (AvgIpc) is 1.90. The van der Waals surface area contributed by atoms with Gasteiger partial charge in [-0.2, -0.15) is 0 Å². The molecule has 1 aromatic rings. The molecule has 0 aromatic heterocycles. The molecule has 9 heavy (non-hydrogen) atoms. The molecule has 0 unspecified atom stereocenters. The van der Waals surface area contributed by atoms with Gasteiger partial charge in [0, 0.05) is 4.90 Å². The van der Waals surface area contributed by atoms with E-state index < -0.39 is 0 Å². The first-order valence-corrected chi connectivity index (χ1v) is 2.94. The van der Waals surface area contributed by atoms with Crippen molar-refractivity contribution in [3.8, 4) is 0 Å². The molecular formula is C7H5NS. The minimum atomic E-state index is 0.660. The number of thiol groups is 1. The monoisotopic (exact) mass is 135 g/mol. The zero-order valence-electron chi connectivity index (χ0n) is 4.70. The van der Waals surface area contributed by atoms with Gasteiger partial charge >= 0.3 is 0 Å². The van der Waals surface area contributed by atoms with Gasteiger partial charge in [-0.1, -0.05) is 24.3 Å². The summed E-state index contributed by atoms with van der Waals surface area (Å²) in [5.74, 6) is 0. The molecule has 0 atom stereocenters. The van der Waals surface area contributed by atoms with Crippen LogP contribution >= 0.6 is 12.6 Å². The van der Waals surface area contributed by atoms with Crippen LogP contribution in [0.5, 0.6) is 0 Å². The number of rotatable bonds is 0. The molecule has 0 bridgehead atoms. The van der Waals surface area contributed by atoms with Crippen molar-refractivity contribution in [3.05, 3.63) is 35.7 Å². The van der Waals surface area contributed by atoms with Crippen LogP contribution in [0, 0.1) is 6.57 Å². The van der Waals surface area contributed by atoms with Crippen molar-refractivity contribution in [2.45, 2.75) is 4.90 Å². The molecule has 0 spiro atoms. The topological polar surface area (TPSA) is 4.36 Å². The third-order valence-corrected chi connectivity index (χ3v) is 1.28. The maximum Gasteiger partial charge on any atom is 0.187 e. The van der Waals surface area contributed by atoms with Gasteiger partial charge in [0.2, 0.25) is 0 Å². The van der Waals surface area contributed by atoms with Gasteiger partial charge in [0.05, 0.1) is 6.57 Å². The van der Waals surface area contributed by atoms with Gasteiger partial charge in [-0.15, -0.1) is 12.6 Å². The second-order valence-corrected chi connectivity index (χ2v) is 2.14. The Hall–Kier alpha value is -0.940. The van der Waals surface area contributed by atoms with Gasteiger partial charge in [-0.3, -0.25) is 0 Å². The van der Waals surface area contributed by atoms with Gasteiger partial charge in [0.1, 0.15) is 0 Å². The van der Waals surface area contributed by atoms with E-state index in [1.165, 1.54) is 0 Å². The van der Waals surface area contributed by atoms with Crippen LogP contribution in [-0.2, 0) is 0 Å². The lowest BCUT2D eigenvalue weighted by atomic mass is 10.3. The van der Waals surface area contributed by atoms with Crippen molar-refractivity contribution in [3.63, 3.8) is 0 Å². The first kappa shape index (κ1) is 6.18. The second-order valence-electron chi connectivity index (χ2n) is 1.63. The first-order chi connectivity index (χ1) is 4.33. The summed E-state index contributed by atoms with van der Waals surface area (Å²) in [4.78, 5) is 4.12. The van der Waals surface area contributed by atoms with Crippen LogP contribution in [0.4, 0.5) is 5.69 Å².